The van der Waals surface area contributed by atoms with Crippen LogP contribution in [-0.4, -0.2) is 25.7 Å². The maximum absolute atomic E-state index is 4.65. The van der Waals surface area contributed by atoms with Crippen molar-refractivity contribution in [3.05, 3.63) is 47.0 Å². The Kier molecular flexibility index (Phi) is 3.35. The average molecular weight is 320 g/mol. The standard InChI is InChI=1S/C13H14BrN5/c1-2-15-8-11-13(19-9-10(14)7-16-19)17-12-5-3-4-6-18(11)12/h3-7,9,15H,2,8H2,1H3. The summed E-state index contributed by atoms with van der Waals surface area (Å²) in [6, 6.07) is 5.99. The van der Waals surface area contributed by atoms with Crippen LogP contribution in [0.25, 0.3) is 11.5 Å². The van der Waals surface area contributed by atoms with Crippen LogP contribution < -0.4 is 5.32 Å². The molecule has 6 heteroatoms. The molecule has 0 bridgehead atoms. The highest BCUT2D eigenvalue weighted by Gasteiger charge is 2.13. The van der Waals surface area contributed by atoms with Crippen molar-refractivity contribution in [1.82, 2.24) is 24.5 Å². The first-order valence-electron chi connectivity index (χ1n) is 6.17. The van der Waals surface area contributed by atoms with E-state index in [4.69, 9.17) is 0 Å². The summed E-state index contributed by atoms with van der Waals surface area (Å²) in [4.78, 5) is 4.65. The highest BCUT2D eigenvalue weighted by molar-refractivity contribution is 9.10. The van der Waals surface area contributed by atoms with E-state index in [9.17, 15) is 0 Å². The molecule has 1 N–H and O–H groups in total. The van der Waals surface area contributed by atoms with Gasteiger partial charge < -0.3 is 9.72 Å². The molecule has 0 atom stereocenters. The van der Waals surface area contributed by atoms with Crippen LogP contribution in [0.15, 0.2) is 41.3 Å². The first-order valence-corrected chi connectivity index (χ1v) is 6.96. The van der Waals surface area contributed by atoms with E-state index in [2.05, 4.69) is 42.7 Å². The Morgan fingerprint density at radius 2 is 2.26 bits per heavy atom. The Morgan fingerprint density at radius 1 is 1.37 bits per heavy atom. The molecule has 98 valence electrons. The van der Waals surface area contributed by atoms with Gasteiger partial charge in [0.2, 0.25) is 0 Å². The first kappa shape index (κ1) is 12.4. The number of rotatable bonds is 4. The van der Waals surface area contributed by atoms with Gasteiger partial charge in [-0.05, 0) is 34.6 Å². The summed E-state index contributed by atoms with van der Waals surface area (Å²) in [5.41, 5.74) is 2.03. The van der Waals surface area contributed by atoms with Crippen molar-refractivity contribution in [2.75, 3.05) is 6.54 Å². The van der Waals surface area contributed by atoms with Crippen molar-refractivity contribution in [3.63, 3.8) is 0 Å². The van der Waals surface area contributed by atoms with Crippen LogP contribution in [0.3, 0.4) is 0 Å². The molecule has 0 radical (unpaired) electrons. The lowest BCUT2D eigenvalue weighted by Crippen LogP contribution is -2.15. The minimum atomic E-state index is 0.758. The zero-order valence-corrected chi connectivity index (χ0v) is 12.1. The lowest BCUT2D eigenvalue weighted by molar-refractivity contribution is 0.694. The molecule has 0 fully saturated rings. The van der Waals surface area contributed by atoms with Crippen LogP contribution >= 0.6 is 15.9 Å². The van der Waals surface area contributed by atoms with Gasteiger partial charge in [-0.3, -0.25) is 0 Å². The second-order valence-electron chi connectivity index (χ2n) is 4.19. The Morgan fingerprint density at radius 3 is 3.00 bits per heavy atom. The molecule has 3 rings (SSSR count). The van der Waals surface area contributed by atoms with Crippen LogP contribution in [-0.2, 0) is 6.54 Å². The van der Waals surface area contributed by atoms with Gasteiger partial charge in [0.1, 0.15) is 5.65 Å². The van der Waals surface area contributed by atoms with Gasteiger partial charge in [-0.1, -0.05) is 13.0 Å². The maximum Gasteiger partial charge on any atom is 0.176 e. The predicted octanol–water partition coefficient (Wildman–Crippen LogP) is 2.39. The number of hydrogen-bond acceptors (Lipinski definition) is 3. The van der Waals surface area contributed by atoms with E-state index in [-0.39, 0.29) is 0 Å². The fraction of sp³-hybridized carbons (Fsp3) is 0.231. The SMILES string of the molecule is CCNCc1c(-n2cc(Br)cn2)nc2ccccn12. The third kappa shape index (κ3) is 2.29. The van der Waals surface area contributed by atoms with Gasteiger partial charge in [0.05, 0.1) is 16.4 Å². The number of aromatic nitrogens is 4. The highest BCUT2D eigenvalue weighted by atomic mass is 79.9. The predicted molar refractivity (Wildman–Crippen MR) is 77.4 cm³/mol. The van der Waals surface area contributed by atoms with Crippen molar-refractivity contribution in [2.45, 2.75) is 13.5 Å². The van der Waals surface area contributed by atoms with Crippen molar-refractivity contribution in [1.29, 1.82) is 0 Å². The molecule has 3 heterocycles. The fourth-order valence-electron chi connectivity index (χ4n) is 2.04. The highest BCUT2D eigenvalue weighted by Crippen LogP contribution is 2.18. The number of pyridine rings is 1. The van der Waals surface area contributed by atoms with Gasteiger partial charge in [-0.2, -0.15) is 5.10 Å². The van der Waals surface area contributed by atoms with Gasteiger partial charge >= 0.3 is 0 Å². The Labute approximate surface area is 119 Å². The first-order chi connectivity index (χ1) is 9.29. The van der Waals surface area contributed by atoms with E-state index >= 15 is 0 Å². The third-order valence-corrected chi connectivity index (χ3v) is 3.33. The normalized spacial score (nSPS) is 11.3. The molecule has 0 saturated heterocycles. The number of hydrogen-bond donors (Lipinski definition) is 1. The molecule has 19 heavy (non-hydrogen) atoms. The third-order valence-electron chi connectivity index (χ3n) is 2.92. The molecule has 3 aromatic rings. The van der Waals surface area contributed by atoms with Crippen LogP contribution in [0.2, 0.25) is 0 Å². The van der Waals surface area contributed by atoms with Crippen LogP contribution in [0, 0.1) is 0 Å². The summed E-state index contributed by atoms with van der Waals surface area (Å²) in [5.74, 6) is 0.859. The van der Waals surface area contributed by atoms with E-state index in [0.29, 0.717) is 0 Å². The minimum Gasteiger partial charge on any atom is -0.311 e. The van der Waals surface area contributed by atoms with Gasteiger partial charge in [-0.25, -0.2) is 9.67 Å². The molecule has 0 aliphatic rings. The molecule has 0 saturated carbocycles. The molecule has 3 aromatic heterocycles. The molecule has 5 nitrogen and oxygen atoms in total. The van der Waals surface area contributed by atoms with Crippen molar-refractivity contribution >= 4 is 21.6 Å². The summed E-state index contributed by atoms with van der Waals surface area (Å²) < 4.78 is 4.83. The Bertz CT molecular complexity index is 700. The molecule has 0 amide bonds. The number of nitrogens with one attached hydrogen (secondary N) is 1. The topological polar surface area (TPSA) is 47.2 Å². The quantitative estimate of drug-likeness (QED) is 0.803. The molecule has 0 aliphatic carbocycles. The molecule has 0 unspecified atom stereocenters. The van der Waals surface area contributed by atoms with E-state index < -0.39 is 0 Å². The van der Waals surface area contributed by atoms with Crippen molar-refractivity contribution in [3.8, 4) is 5.82 Å². The van der Waals surface area contributed by atoms with Crippen LogP contribution in [0.4, 0.5) is 0 Å². The summed E-state index contributed by atoms with van der Waals surface area (Å²) in [5, 5.41) is 7.66. The average Bonchev–Trinajstić information content (AvgIpc) is 3.00. The van der Waals surface area contributed by atoms with Crippen LogP contribution in [0.5, 0.6) is 0 Å². The smallest absolute Gasteiger partial charge is 0.176 e. The number of imidazole rings is 1. The number of fused-ring (bicyclic) bond motifs is 1. The lowest BCUT2D eigenvalue weighted by Gasteiger charge is -2.05. The zero-order chi connectivity index (χ0) is 13.2. The van der Waals surface area contributed by atoms with E-state index in [1.165, 1.54) is 0 Å². The number of nitrogens with zero attached hydrogens (tertiary/aromatic N) is 4. The number of halogens is 1. The maximum atomic E-state index is 4.65. The van der Waals surface area contributed by atoms with Crippen molar-refractivity contribution in [2.24, 2.45) is 0 Å². The molecule has 0 aliphatic heterocycles. The summed E-state index contributed by atoms with van der Waals surface area (Å²) in [7, 11) is 0. The monoisotopic (exact) mass is 319 g/mol. The van der Waals surface area contributed by atoms with E-state index in [1.807, 2.05) is 30.6 Å². The Balaban J connectivity index is 2.16. The molecule has 0 aromatic carbocycles. The van der Waals surface area contributed by atoms with Crippen molar-refractivity contribution < 1.29 is 0 Å². The Hall–Kier alpha value is -1.66. The van der Waals surface area contributed by atoms with Gasteiger partial charge in [0, 0.05) is 18.9 Å². The van der Waals surface area contributed by atoms with E-state index in [0.717, 1.165) is 34.7 Å². The minimum absolute atomic E-state index is 0.758. The summed E-state index contributed by atoms with van der Waals surface area (Å²) in [6.45, 7) is 3.77. The molecule has 0 spiro atoms. The lowest BCUT2D eigenvalue weighted by atomic mass is 10.4. The zero-order valence-electron chi connectivity index (χ0n) is 10.5. The summed E-state index contributed by atoms with van der Waals surface area (Å²) in [6.07, 6.45) is 5.70. The van der Waals surface area contributed by atoms with Crippen LogP contribution in [0.1, 0.15) is 12.6 Å². The largest absolute Gasteiger partial charge is 0.311 e. The van der Waals surface area contributed by atoms with Gasteiger partial charge in [0.15, 0.2) is 5.82 Å². The molecular formula is C13H14BrN5. The van der Waals surface area contributed by atoms with Gasteiger partial charge in [0.25, 0.3) is 0 Å². The van der Waals surface area contributed by atoms with Gasteiger partial charge in [-0.15, -0.1) is 0 Å². The molecular weight excluding hydrogens is 306 g/mol. The fourth-order valence-corrected chi connectivity index (χ4v) is 2.33. The van der Waals surface area contributed by atoms with E-state index in [1.54, 1.807) is 10.9 Å². The summed E-state index contributed by atoms with van der Waals surface area (Å²) >= 11 is 3.42. The second kappa shape index (κ2) is 5.14. The second-order valence-corrected chi connectivity index (χ2v) is 5.11.